The van der Waals surface area contributed by atoms with Gasteiger partial charge in [0.05, 0.1) is 0 Å². The van der Waals surface area contributed by atoms with Crippen molar-refractivity contribution >= 4 is 28.4 Å². The average molecular weight is 298 g/mol. The minimum atomic E-state index is 0.172. The third-order valence-electron chi connectivity index (χ3n) is 1.80. The second kappa shape index (κ2) is 5.82. The molecule has 1 rings (SSSR count). The topological polar surface area (TPSA) is 17.1 Å². The van der Waals surface area contributed by atoms with E-state index >= 15 is 0 Å². The summed E-state index contributed by atoms with van der Waals surface area (Å²) in [5, 5.41) is 0. The lowest BCUT2D eigenvalue weighted by molar-refractivity contribution is 0.0984. The SMILES string of the molecule is CC#CCCC(=O)c1cccc(I)c1. The van der Waals surface area contributed by atoms with Crippen molar-refractivity contribution in [3.05, 3.63) is 33.4 Å². The van der Waals surface area contributed by atoms with Gasteiger partial charge in [-0.25, -0.2) is 0 Å². The monoisotopic (exact) mass is 298 g/mol. The van der Waals surface area contributed by atoms with Gasteiger partial charge in [-0.1, -0.05) is 12.1 Å². The Kier molecular flexibility index (Phi) is 4.68. The van der Waals surface area contributed by atoms with Gasteiger partial charge < -0.3 is 0 Å². The summed E-state index contributed by atoms with van der Waals surface area (Å²) in [6, 6.07) is 7.63. The van der Waals surface area contributed by atoms with Crippen molar-refractivity contribution in [1.82, 2.24) is 0 Å². The molecular formula is C12H11IO. The van der Waals surface area contributed by atoms with E-state index in [1.54, 1.807) is 6.92 Å². The molecule has 0 atom stereocenters. The molecule has 0 aliphatic heterocycles. The molecule has 0 spiro atoms. The zero-order valence-electron chi connectivity index (χ0n) is 8.01. The first-order valence-electron chi connectivity index (χ1n) is 4.42. The van der Waals surface area contributed by atoms with Gasteiger partial charge in [-0.2, -0.15) is 0 Å². The lowest BCUT2D eigenvalue weighted by Gasteiger charge is -1.98. The van der Waals surface area contributed by atoms with E-state index in [-0.39, 0.29) is 5.78 Å². The predicted octanol–water partition coefficient (Wildman–Crippen LogP) is 3.28. The van der Waals surface area contributed by atoms with Crippen molar-refractivity contribution in [3.8, 4) is 11.8 Å². The summed E-state index contributed by atoms with van der Waals surface area (Å²) in [4.78, 5) is 11.6. The Bertz CT molecular complexity index is 385. The fourth-order valence-electron chi connectivity index (χ4n) is 1.11. The molecule has 0 aromatic heterocycles. The molecule has 1 aromatic carbocycles. The average Bonchev–Trinajstić information content (AvgIpc) is 2.18. The van der Waals surface area contributed by atoms with E-state index in [1.807, 2.05) is 24.3 Å². The van der Waals surface area contributed by atoms with Crippen molar-refractivity contribution < 1.29 is 4.79 Å². The van der Waals surface area contributed by atoms with Gasteiger partial charge in [0, 0.05) is 22.0 Å². The van der Waals surface area contributed by atoms with Gasteiger partial charge in [-0.3, -0.25) is 4.79 Å². The second-order valence-electron chi connectivity index (χ2n) is 2.86. The number of halogens is 1. The maximum absolute atomic E-state index is 11.6. The highest BCUT2D eigenvalue weighted by Gasteiger charge is 2.04. The van der Waals surface area contributed by atoms with Crippen LogP contribution in [0.25, 0.3) is 0 Å². The summed E-state index contributed by atoms with van der Waals surface area (Å²) >= 11 is 2.20. The molecular weight excluding hydrogens is 287 g/mol. The van der Waals surface area contributed by atoms with E-state index in [9.17, 15) is 4.79 Å². The minimum Gasteiger partial charge on any atom is -0.294 e. The highest BCUT2D eigenvalue weighted by Crippen LogP contribution is 2.10. The van der Waals surface area contributed by atoms with Crippen LogP contribution >= 0.6 is 22.6 Å². The molecule has 0 fully saturated rings. The normalized spacial score (nSPS) is 9.00. The zero-order valence-corrected chi connectivity index (χ0v) is 10.2. The minimum absolute atomic E-state index is 0.172. The highest BCUT2D eigenvalue weighted by atomic mass is 127. The number of carbonyl (C=O) groups is 1. The van der Waals surface area contributed by atoms with Crippen molar-refractivity contribution in [3.63, 3.8) is 0 Å². The number of Topliss-reactive ketones (excluding diaryl/α,β-unsaturated/α-hetero) is 1. The third kappa shape index (κ3) is 3.51. The van der Waals surface area contributed by atoms with Crippen LogP contribution in [0.3, 0.4) is 0 Å². The molecule has 0 aliphatic rings. The molecule has 14 heavy (non-hydrogen) atoms. The molecule has 0 N–H and O–H groups in total. The van der Waals surface area contributed by atoms with Gasteiger partial charge in [0.15, 0.2) is 5.78 Å². The molecule has 0 unspecified atom stereocenters. The molecule has 0 bridgehead atoms. The molecule has 72 valence electrons. The summed E-state index contributed by atoms with van der Waals surface area (Å²) in [7, 11) is 0. The van der Waals surface area contributed by atoms with E-state index in [4.69, 9.17) is 0 Å². The van der Waals surface area contributed by atoms with Crippen LogP contribution in [0.5, 0.6) is 0 Å². The fraction of sp³-hybridized carbons (Fsp3) is 0.250. The highest BCUT2D eigenvalue weighted by molar-refractivity contribution is 14.1. The van der Waals surface area contributed by atoms with E-state index < -0.39 is 0 Å². The van der Waals surface area contributed by atoms with Crippen molar-refractivity contribution in [2.75, 3.05) is 0 Å². The van der Waals surface area contributed by atoms with Gasteiger partial charge in [0.1, 0.15) is 0 Å². The maximum Gasteiger partial charge on any atom is 0.163 e. The lowest BCUT2D eigenvalue weighted by atomic mass is 10.1. The number of benzene rings is 1. The number of carbonyl (C=O) groups excluding carboxylic acids is 1. The van der Waals surface area contributed by atoms with Gasteiger partial charge in [0.25, 0.3) is 0 Å². The number of hydrogen-bond acceptors (Lipinski definition) is 1. The van der Waals surface area contributed by atoms with Gasteiger partial charge in [0.2, 0.25) is 0 Å². The Hall–Kier alpha value is -0.820. The van der Waals surface area contributed by atoms with Crippen LogP contribution in [0.2, 0.25) is 0 Å². The van der Waals surface area contributed by atoms with Gasteiger partial charge >= 0.3 is 0 Å². The standard InChI is InChI=1S/C12H11IO/c1-2-3-4-8-12(14)10-6-5-7-11(13)9-10/h5-7,9H,4,8H2,1H3. The molecule has 0 heterocycles. The van der Waals surface area contributed by atoms with Crippen LogP contribution in [0.1, 0.15) is 30.1 Å². The van der Waals surface area contributed by atoms with Crippen LogP contribution in [0, 0.1) is 15.4 Å². The second-order valence-corrected chi connectivity index (χ2v) is 4.11. The van der Waals surface area contributed by atoms with E-state index in [0.29, 0.717) is 12.8 Å². The third-order valence-corrected chi connectivity index (χ3v) is 2.47. The summed E-state index contributed by atoms with van der Waals surface area (Å²) in [6.45, 7) is 1.79. The van der Waals surface area contributed by atoms with Crippen molar-refractivity contribution in [1.29, 1.82) is 0 Å². The molecule has 1 aromatic rings. The Morgan fingerprint density at radius 2 is 2.29 bits per heavy atom. The fourth-order valence-corrected chi connectivity index (χ4v) is 1.65. The first kappa shape index (κ1) is 11.3. The van der Waals surface area contributed by atoms with Gasteiger partial charge in [-0.05, 0) is 41.6 Å². The van der Waals surface area contributed by atoms with Crippen molar-refractivity contribution in [2.45, 2.75) is 19.8 Å². The quantitative estimate of drug-likeness (QED) is 0.475. The van der Waals surface area contributed by atoms with Crippen LogP contribution < -0.4 is 0 Å². The molecule has 0 aliphatic carbocycles. The first-order valence-corrected chi connectivity index (χ1v) is 5.50. The summed E-state index contributed by atoms with van der Waals surface area (Å²) in [6.07, 6.45) is 1.17. The predicted molar refractivity (Wildman–Crippen MR) is 66.2 cm³/mol. The summed E-state index contributed by atoms with van der Waals surface area (Å²) in [5.41, 5.74) is 0.787. The zero-order chi connectivity index (χ0) is 10.4. The van der Waals surface area contributed by atoms with Crippen LogP contribution in [-0.2, 0) is 0 Å². The van der Waals surface area contributed by atoms with Crippen LogP contribution in [-0.4, -0.2) is 5.78 Å². The molecule has 0 radical (unpaired) electrons. The number of rotatable bonds is 3. The number of hydrogen-bond donors (Lipinski definition) is 0. The van der Waals surface area contributed by atoms with E-state index in [1.165, 1.54) is 0 Å². The maximum atomic E-state index is 11.6. The van der Waals surface area contributed by atoms with Gasteiger partial charge in [-0.15, -0.1) is 11.8 Å². The first-order chi connectivity index (χ1) is 6.74. The smallest absolute Gasteiger partial charge is 0.163 e. The number of ketones is 1. The Morgan fingerprint density at radius 1 is 1.50 bits per heavy atom. The van der Waals surface area contributed by atoms with E-state index in [0.717, 1.165) is 9.13 Å². The lowest BCUT2D eigenvalue weighted by Crippen LogP contribution is -1.98. The molecule has 0 saturated carbocycles. The van der Waals surface area contributed by atoms with Crippen LogP contribution in [0.4, 0.5) is 0 Å². The largest absolute Gasteiger partial charge is 0.294 e. The van der Waals surface area contributed by atoms with Crippen molar-refractivity contribution in [2.24, 2.45) is 0 Å². The Labute approximate surface area is 98.0 Å². The Morgan fingerprint density at radius 3 is 2.93 bits per heavy atom. The Balaban J connectivity index is 2.63. The molecule has 2 heteroatoms. The summed E-state index contributed by atoms with van der Waals surface area (Å²) in [5.74, 6) is 5.85. The van der Waals surface area contributed by atoms with E-state index in [2.05, 4.69) is 34.4 Å². The molecule has 1 nitrogen and oxygen atoms in total. The molecule has 0 amide bonds. The summed E-state index contributed by atoms with van der Waals surface area (Å²) < 4.78 is 1.09. The molecule has 0 saturated heterocycles. The van der Waals surface area contributed by atoms with Crippen LogP contribution in [0.15, 0.2) is 24.3 Å².